The fraction of sp³-hybridized carbons (Fsp3) is 0.696. The summed E-state index contributed by atoms with van der Waals surface area (Å²) in [4.78, 5) is 16.1. The third-order valence-corrected chi connectivity index (χ3v) is 7.51. The molecule has 4 rings (SSSR count). The summed E-state index contributed by atoms with van der Waals surface area (Å²) in [5, 5.41) is 9.45. The van der Waals surface area contributed by atoms with Gasteiger partial charge >= 0.3 is 0 Å². The van der Waals surface area contributed by atoms with Crippen molar-refractivity contribution in [2.75, 3.05) is 0 Å². The molecule has 2 heterocycles. The third kappa shape index (κ3) is 4.16. The van der Waals surface area contributed by atoms with Crippen LogP contribution in [0.2, 0.25) is 5.02 Å². The molecule has 0 bridgehead atoms. The van der Waals surface area contributed by atoms with Gasteiger partial charge in [-0.25, -0.2) is 0 Å². The zero-order valence-corrected chi connectivity index (χ0v) is 19.2. The van der Waals surface area contributed by atoms with Gasteiger partial charge in [-0.1, -0.05) is 55.3 Å². The maximum Gasteiger partial charge on any atom is 0.276 e. The monoisotopic (exact) mass is 432 g/mol. The Bertz CT molecular complexity index is 873. The molecule has 2 saturated carbocycles. The number of hydrogen-bond acceptors (Lipinski definition) is 4. The lowest BCUT2D eigenvalue weighted by molar-refractivity contribution is 0.0437. The minimum Gasteiger partial charge on any atom is -0.361 e. The van der Waals surface area contributed by atoms with Crippen molar-refractivity contribution >= 4 is 17.5 Å². The molecule has 1 amide bonds. The van der Waals surface area contributed by atoms with Crippen molar-refractivity contribution in [1.82, 2.24) is 19.8 Å². The minimum absolute atomic E-state index is 0.0354. The number of carbonyl (C=O) groups is 1. The first-order valence-corrected chi connectivity index (χ1v) is 11.8. The number of aromatic nitrogens is 3. The number of rotatable bonds is 5. The Labute approximate surface area is 183 Å². The van der Waals surface area contributed by atoms with Crippen LogP contribution in [0.15, 0.2) is 4.52 Å². The number of halogens is 1. The van der Waals surface area contributed by atoms with Gasteiger partial charge in [0.1, 0.15) is 5.76 Å². The largest absolute Gasteiger partial charge is 0.361 e. The Morgan fingerprint density at radius 1 is 1.03 bits per heavy atom. The van der Waals surface area contributed by atoms with Crippen LogP contribution in [0.4, 0.5) is 0 Å². The highest BCUT2D eigenvalue weighted by atomic mass is 35.5. The van der Waals surface area contributed by atoms with Crippen LogP contribution in [0.5, 0.6) is 0 Å². The van der Waals surface area contributed by atoms with E-state index in [0.717, 1.165) is 42.6 Å². The van der Waals surface area contributed by atoms with Crippen LogP contribution in [0, 0.1) is 20.8 Å². The van der Waals surface area contributed by atoms with Crippen molar-refractivity contribution in [3.8, 4) is 0 Å². The Balaban J connectivity index is 1.65. The summed E-state index contributed by atoms with van der Waals surface area (Å²) in [6, 6.07) is 0.643. The number of carbonyl (C=O) groups excluding carboxylic acids is 1. The Hall–Kier alpha value is -1.82. The van der Waals surface area contributed by atoms with Gasteiger partial charge in [0.15, 0.2) is 5.69 Å². The highest BCUT2D eigenvalue weighted by Crippen LogP contribution is 2.32. The summed E-state index contributed by atoms with van der Waals surface area (Å²) in [6.45, 7) is 6.16. The van der Waals surface area contributed by atoms with E-state index in [1.807, 2.05) is 25.5 Å². The van der Waals surface area contributed by atoms with E-state index < -0.39 is 0 Å². The second kappa shape index (κ2) is 9.13. The first-order valence-electron chi connectivity index (χ1n) is 11.4. The standard InChI is InChI=1S/C23H33ClN4O2/c1-15-21(24)16(2)27(25-15)14-20-17(3)30-26-22(20)23(29)28(18-10-6-4-7-11-18)19-12-8-5-9-13-19/h18-19H,4-14H2,1-3H3. The molecule has 2 aromatic rings. The van der Waals surface area contributed by atoms with Crippen LogP contribution >= 0.6 is 11.6 Å². The van der Waals surface area contributed by atoms with E-state index in [-0.39, 0.29) is 5.91 Å². The van der Waals surface area contributed by atoms with Crippen molar-refractivity contribution < 1.29 is 9.32 Å². The molecule has 0 radical (unpaired) electrons. The zero-order valence-electron chi connectivity index (χ0n) is 18.4. The molecular weight excluding hydrogens is 400 g/mol. The van der Waals surface area contributed by atoms with Crippen LogP contribution in [0.1, 0.15) is 97.4 Å². The number of hydrogen-bond donors (Lipinski definition) is 0. The van der Waals surface area contributed by atoms with Gasteiger partial charge in [0, 0.05) is 17.6 Å². The molecule has 164 valence electrons. The lowest BCUT2D eigenvalue weighted by Crippen LogP contribution is -2.49. The third-order valence-electron chi connectivity index (χ3n) is 6.96. The molecule has 30 heavy (non-hydrogen) atoms. The van der Waals surface area contributed by atoms with Crippen LogP contribution in [0.3, 0.4) is 0 Å². The molecule has 0 unspecified atom stereocenters. The maximum atomic E-state index is 13.9. The Morgan fingerprint density at radius 3 is 2.10 bits per heavy atom. The smallest absolute Gasteiger partial charge is 0.276 e. The summed E-state index contributed by atoms with van der Waals surface area (Å²) in [5.41, 5.74) is 2.96. The van der Waals surface area contributed by atoms with Gasteiger partial charge in [0.25, 0.3) is 5.91 Å². The molecule has 2 fully saturated rings. The highest BCUT2D eigenvalue weighted by molar-refractivity contribution is 6.31. The first-order chi connectivity index (χ1) is 14.5. The summed E-state index contributed by atoms with van der Waals surface area (Å²) in [6.07, 6.45) is 11.8. The molecule has 0 spiro atoms. The summed E-state index contributed by atoms with van der Waals surface area (Å²) in [5.74, 6) is 0.711. The van der Waals surface area contributed by atoms with E-state index in [2.05, 4.69) is 15.2 Å². The molecule has 2 aromatic heterocycles. The predicted octanol–water partition coefficient (Wildman–Crippen LogP) is 5.61. The molecule has 6 nitrogen and oxygen atoms in total. The van der Waals surface area contributed by atoms with Crippen LogP contribution < -0.4 is 0 Å². The van der Waals surface area contributed by atoms with Crippen molar-refractivity contribution in [1.29, 1.82) is 0 Å². The fourth-order valence-corrected chi connectivity index (χ4v) is 5.33. The number of nitrogens with zero attached hydrogens (tertiary/aromatic N) is 4. The second-order valence-electron chi connectivity index (χ2n) is 9.00. The molecule has 0 aliphatic heterocycles. The van der Waals surface area contributed by atoms with E-state index in [4.69, 9.17) is 16.1 Å². The minimum atomic E-state index is 0.0354. The highest BCUT2D eigenvalue weighted by Gasteiger charge is 2.36. The van der Waals surface area contributed by atoms with Gasteiger partial charge in [-0.15, -0.1) is 0 Å². The van der Waals surface area contributed by atoms with Crippen molar-refractivity contribution in [2.45, 2.75) is 104 Å². The maximum absolute atomic E-state index is 13.9. The summed E-state index contributed by atoms with van der Waals surface area (Å²) in [7, 11) is 0. The first kappa shape index (κ1) is 21.4. The lowest BCUT2D eigenvalue weighted by Gasteiger charge is -2.41. The van der Waals surface area contributed by atoms with Crippen LogP contribution in [-0.2, 0) is 6.54 Å². The molecule has 0 aromatic carbocycles. The molecule has 0 atom stereocenters. The van der Waals surface area contributed by atoms with Crippen LogP contribution in [0.25, 0.3) is 0 Å². The van der Waals surface area contributed by atoms with Crippen LogP contribution in [-0.4, -0.2) is 37.8 Å². The normalized spacial score (nSPS) is 18.7. The van der Waals surface area contributed by atoms with Gasteiger partial charge in [-0.2, -0.15) is 5.10 Å². The molecule has 7 heteroatoms. The fourth-order valence-electron chi connectivity index (χ4n) is 5.19. The Morgan fingerprint density at radius 2 is 1.60 bits per heavy atom. The number of amides is 1. The average Bonchev–Trinajstić information content (AvgIpc) is 3.24. The summed E-state index contributed by atoms with van der Waals surface area (Å²) >= 11 is 6.34. The van der Waals surface area contributed by atoms with E-state index in [1.54, 1.807) is 0 Å². The second-order valence-corrected chi connectivity index (χ2v) is 9.38. The van der Waals surface area contributed by atoms with Crippen molar-refractivity contribution in [3.05, 3.63) is 33.4 Å². The number of aryl methyl sites for hydroxylation is 2. The van der Waals surface area contributed by atoms with E-state index in [0.29, 0.717) is 35.1 Å². The van der Waals surface area contributed by atoms with E-state index in [9.17, 15) is 4.79 Å². The molecule has 0 N–H and O–H groups in total. The van der Waals surface area contributed by atoms with Gasteiger partial charge in [-0.3, -0.25) is 9.48 Å². The SMILES string of the molecule is Cc1nn(Cc2c(C(=O)N(C3CCCCC3)C3CCCCC3)noc2C)c(C)c1Cl. The summed E-state index contributed by atoms with van der Waals surface area (Å²) < 4.78 is 7.37. The van der Waals surface area contributed by atoms with Gasteiger partial charge in [0.2, 0.25) is 0 Å². The average molecular weight is 433 g/mol. The topological polar surface area (TPSA) is 64.2 Å². The van der Waals surface area contributed by atoms with E-state index in [1.165, 1.54) is 38.5 Å². The zero-order chi connectivity index (χ0) is 21.3. The Kier molecular flexibility index (Phi) is 6.51. The van der Waals surface area contributed by atoms with Gasteiger partial charge in [0.05, 0.1) is 23.0 Å². The predicted molar refractivity (Wildman–Crippen MR) is 117 cm³/mol. The molecule has 0 saturated heterocycles. The van der Waals surface area contributed by atoms with Gasteiger partial charge in [-0.05, 0) is 46.5 Å². The molecular formula is C23H33ClN4O2. The lowest BCUT2D eigenvalue weighted by atomic mass is 9.88. The molecule has 2 aliphatic carbocycles. The van der Waals surface area contributed by atoms with Gasteiger partial charge < -0.3 is 9.42 Å². The van der Waals surface area contributed by atoms with E-state index >= 15 is 0 Å². The van der Waals surface area contributed by atoms with Crippen molar-refractivity contribution in [3.63, 3.8) is 0 Å². The quantitative estimate of drug-likeness (QED) is 0.616. The van der Waals surface area contributed by atoms with Crippen molar-refractivity contribution in [2.24, 2.45) is 0 Å². The molecule has 2 aliphatic rings.